The van der Waals surface area contributed by atoms with Gasteiger partial charge in [-0.2, -0.15) is 9.90 Å². The Kier molecular flexibility index (Phi) is 28.2. The molecule has 1 atom stereocenters. The number of unbranched alkanes of at least 4 members (excludes halogenated alkanes) is 2. The molecule has 2 nitrogen and oxygen atoms in total. The van der Waals surface area contributed by atoms with Crippen molar-refractivity contribution in [2.45, 2.75) is 19.3 Å². The summed E-state index contributed by atoms with van der Waals surface area (Å²) in [4.78, 5) is 19.1. The SMILES string of the molecule is O=CCCCC=O.P.[Cr]. The summed E-state index contributed by atoms with van der Waals surface area (Å²) in [7, 11) is 0. The van der Waals surface area contributed by atoms with Gasteiger partial charge in [-0.05, 0) is 6.42 Å². The summed E-state index contributed by atoms with van der Waals surface area (Å²) in [6.45, 7) is 0. The van der Waals surface area contributed by atoms with Gasteiger partial charge in [0.15, 0.2) is 0 Å². The first-order valence-corrected chi connectivity index (χ1v) is 2.29. The molecule has 0 saturated carbocycles. The van der Waals surface area contributed by atoms with Gasteiger partial charge >= 0.3 is 0 Å². The van der Waals surface area contributed by atoms with Crippen LogP contribution in [-0.4, -0.2) is 12.6 Å². The molecular weight excluding hydrogens is 175 g/mol. The minimum absolute atomic E-state index is 0. The van der Waals surface area contributed by atoms with Gasteiger partial charge in [0.1, 0.15) is 12.6 Å². The van der Waals surface area contributed by atoms with Crippen LogP contribution in [0.15, 0.2) is 0 Å². The molecule has 1 unspecified atom stereocenters. The van der Waals surface area contributed by atoms with Crippen LogP contribution in [0.1, 0.15) is 19.3 Å². The molecule has 0 spiro atoms. The van der Waals surface area contributed by atoms with Crippen molar-refractivity contribution >= 4 is 22.5 Å². The summed E-state index contributed by atoms with van der Waals surface area (Å²) >= 11 is 0. The summed E-state index contributed by atoms with van der Waals surface area (Å²) < 4.78 is 0. The van der Waals surface area contributed by atoms with E-state index in [1.165, 1.54) is 0 Å². The van der Waals surface area contributed by atoms with Crippen LogP contribution in [0.3, 0.4) is 0 Å². The van der Waals surface area contributed by atoms with Gasteiger partial charge in [0, 0.05) is 30.2 Å². The molecule has 0 N–H and O–H groups in total. The Balaban J connectivity index is -0.000000180. The van der Waals surface area contributed by atoms with Gasteiger partial charge in [0.25, 0.3) is 0 Å². The van der Waals surface area contributed by atoms with Crippen LogP contribution in [0.2, 0.25) is 0 Å². The predicted molar refractivity (Wildman–Crippen MR) is 37.1 cm³/mol. The van der Waals surface area contributed by atoms with Gasteiger partial charge in [-0.3, -0.25) is 0 Å². The Morgan fingerprint density at radius 1 is 1.00 bits per heavy atom. The van der Waals surface area contributed by atoms with E-state index in [0.717, 1.165) is 12.6 Å². The Morgan fingerprint density at radius 2 is 1.33 bits per heavy atom. The van der Waals surface area contributed by atoms with Crippen LogP contribution < -0.4 is 0 Å². The van der Waals surface area contributed by atoms with Gasteiger partial charge in [-0.25, -0.2) is 0 Å². The van der Waals surface area contributed by atoms with Crippen LogP contribution in [-0.2, 0) is 27.0 Å². The van der Waals surface area contributed by atoms with Crippen molar-refractivity contribution in [3.63, 3.8) is 0 Å². The molecule has 0 saturated heterocycles. The molecule has 0 rings (SSSR count). The van der Waals surface area contributed by atoms with E-state index in [0.29, 0.717) is 19.3 Å². The number of hydrogen-bond acceptors (Lipinski definition) is 2. The van der Waals surface area contributed by atoms with E-state index in [2.05, 4.69) is 0 Å². The van der Waals surface area contributed by atoms with E-state index in [1.54, 1.807) is 0 Å². The van der Waals surface area contributed by atoms with Crippen LogP contribution in [0, 0.1) is 0 Å². The summed E-state index contributed by atoms with van der Waals surface area (Å²) in [6, 6.07) is 0. The van der Waals surface area contributed by atoms with Gasteiger partial charge in [-0.15, -0.1) is 0 Å². The zero-order chi connectivity index (χ0) is 5.54. The zero-order valence-electron chi connectivity index (χ0n) is 5.21. The number of aldehydes is 2. The summed E-state index contributed by atoms with van der Waals surface area (Å²) in [5, 5.41) is 0. The first kappa shape index (κ1) is 16.1. The fraction of sp³-hybridized carbons (Fsp3) is 0.600. The molecule has 9 heavy (non-hydrogen) atoms. The Hall–Kier alpha value is 0.302. The molecule has 0 amide bonds. The molecular formula is C5H11CrO2P. The largest absolute Gasteiger partial charge is 0.303 e. The summed E-state index contributed by atoms with van der Waals surface area (Å²) in [6.07, 6.45) is 3.37. The second-order valence-corrected chi connectivity index (χ2v) is 1.26. The fourth-order valence-electron chi connectivity index (χ4n) is 0.285. The van der Waals surface area contributed by atoms with Crippen molar-refractivity contribution in [3.8, 4) is 0 Å². The molecule has 0 bridgehead atoms. The maximum Gasteiger partial charge on any atom is 0.120 e. The first-order chi connectivity index (χ1) is 3.41. The number of carbonyl (C=O) groups is 2. The van der Waals surface area contributed by atoms with Crippen LogP contribution in [0.25, 0.3) is 0 Å². The van der Waals surface area contributed by atoms with Crippen molar-refractivity contribution in [1.82, 2.24) is 0 Å². The topological polar surface area (TPSA) is 34.1 Å². The van der Waals surface area contributed by atoms with Crippen molar-refractivity contribution in [1.29, 1.82) is 0 Å². The smallest absolute Gasteiger partial charge is 0.120 e. The van der Waals surface area contributed by atoms with E-state index in [1.807, 2.05) is 0 Å². The van der Waals surface area contributed by atoms with Gasteiger partial charge in [-0.1, -0.05) is 0 Å². The van der Waals surface area contributed by atoms with Gasteiger partial charge in [0.05, 0.1) is 0 Å². The van der Waals surface area contributed by atoms with Crippen LogP contribution in [0.4, 0.5) is 0 Å². The zero-order valence-corrected chi connectivity index (χ0v) is 7.90. The fourth-order valence-corrected chi connectivity index (χ4v) is 0.285. The number of carbonyl (C=O) groups excluding carboxylic acids is 2. The summed E-state index contributed by atoms with van der Waals surface area (Å²) in [5.74, 6) is 0. The molecule has 0 aliphatic heterocycles. The average molecular weight is 186 g/mol. The minimum atomic E-state index is 0. The maximum atomic E-state index is 9.56. The normalized spacial score (nSPS) is 6.22. The van der Waals surface area contributed by atoms with Crippen molar-refractivity contribution in [3.05, 3.63) is 0 Å². The maximum absolute atomic E-state index is 9.56. The van der Waals surface area contributed by atoms with Crippen molar-refractivity contribution in [2.24, 2.45) is 0 Å². The molecule has 0 fully saturated rings. The van der Waals surface area contributed by atoms with E-state index >= 15 is 0 Å². The molecule has 0 aromatic heterocycles. The van der Waals surface area contributed by atoms with Gasteiger partial charge < -0.3 is 9.59 Å². The quantitative estimate of drug-likeness (QED) is 0.366. The minimum Gasteiger partial charge on any atom is -0.303 e. The molecule has 0 aromatic rings. The molecule has 0 aliphatic carbocycles. The van der Waals surface area contributed by atoms with Crippen LogP contribution >= 0.6 is 9.90 Å². The predicted octanol–water partition coefficient (Wildman–Crippen LogP) is 0.610. The van der Waals surface area contributed by atoms with E-state index < -0.39 is 0 Å². The van der Waals surface area contributed by atoms with E-state index in [-0.39, 0.29) is 27.3 Å². The summed E-state index contributed by atoms with van der Waals surface area (Å²) in [5.41, 5.74) is 0. The molecule has 0 aromatic carbocycles. The second kappa shape index (κ2) is 15.7. The second-order valence-electron chi connectivity index (χ2n) is 1.26. The molecule has 54 valence electrons. The van der Waals surface area contributed by atoms with E-state index in [9.17, 15) is 9.59 Å². The molecule has 0 radical (unpaired) electrons. The van der Waals surface area contributed by atoms with E-state index in [4.69, 9.17) is 0 Å². The number of rotatable bonds is 4. The molecule has 4 heteroatoms. The van der Waals surface area contributed by atoms with Gasteiger partial charge in [0.2, 0.25) is 0 Å². The first-order valence-electron chi connectivity index (χ1n) is 2.29. The standard InChI is InChI=1S/C5H8O2.Cr.H3P/c6-4-2-1-3-5-7;;/h4-5H,1-3H2;;1H3. The van der Waals surface area contributed by atoms with Crippen LogP contribution in [0.5, 0.6) is 0 Å². The Bertz CT molecular complexity index is 60.0. The third-order valence-corrected chi connectivity index (χ3v) is 0.644. The third kappa shape index (κ3) is 17.8. The van der Waals surface area contributed by atoms with Crippen molar-refractivity contribution < 1.29 is 27.0 Å². The number of hydrogen-bond donors (Lipinski definition) is 0. The third-order valence-electron chi connectivity index (χ3n) is 0.644. The monoisotopic (exact) mass is 186 g/mol. The van der Waals surface area contributed by atoms with Crippen molar-refractivity contribution in [2.75, 3.05) is 0 Å². The Morgan fingerprint density at radius 3 is 1.56 bits per heavy atom. The molecule has 0 heterocycles. The average Bonchev–Trinajstić information content (AvgIpc) is 1.69. The molecule has 0 aliphatic rings. The Labute approximate surface area is 69.1 Å².